The number of nitrogens with zero attached hydrogens (tertiary/aromatic N) is 2. The monoisotopic (exact) mass is 468 g/mol. The number of hydrogen-bond donors (Lipinski definition) is 2. The molecule has 0 radical (unpaired) electrons. The van der Waals surface area contributed by atoms with E-state index in [0.717, 1.165) is 36.1 Å². The van der Waals surface area contributed by atoms with Crippen LogP contribution in [-0.4, -0.2) is 72.3 Å². The highest BCUT2D eigenvalue weighted by atomic mass is 32.2. The summed E-state index contributed by atoms with van der Waals surface area (Å²) in [6, 6.07) is 17.2. The van der Waals surface area contributed by atoms with Gasteiger partial charge in [-0.05, 0) is 49.6 Å². The predicted octanol–water partition coefficient (Wildman–Crippen LogP) is 2.17. The molecule has 0 amide bonds. The predicted molar refractivity (Wildman–Crippen MR) is 129 cm³/mol. The molecule has 2 saturated heterocycles. The second-order valence-electron chi connectivity index (χ2n) is 8.96. The van der Waals surface area contributed by atoms with Gasteiger partial charge < -0.3 is 10.2 Å². The van der Waals surface area contributed by atoms with E-state index in [-0.39, 0.29) is 30.4 Å². The Labute approximate surface area is 196 Å². The van der Waals surface area contributed by atoms with Gasteiger partial charge in [0.1, 0.15) is 6.10 Å². The number of aliphatic hydroxyl groups is 2. The SMILES string of the molecule is C[C@@H](O)C#Cc1ccc([C@@H]2[C@H](CO)N3CCCCN(S(=O)(=O)Cc4ccccc4)C[C@@H]23)cc1. The zero-order valence-electron chi connectivity index (χ0n) is 19.0. The summed E-state index contributed by atoms with van der Waals surface area (Å²) in [6.45, 7) is 3.50. The van der Waals surface area contributed by atoms with Crippen molar-refractivity contribution in [2.45, 2.75) is 49.6 Å². The van der Waals surface area contributed by atoms with Gasteiger partial charge in [0, 0.05) is 36.7 Å². The summed E-state index contributed by atoms with van der Waals surface area (Å²) in [5.74, 6) is 5.76. The summed E-state index contributed by atoms with van der Waals surface area (Å²) >= 11 is 0. The number of fused-ring (bicyclic) bond motifs is 1. The topological polar surface area (TPSA) is 81.1 Å². The fourth-order valence-electron chi connectivity index (χ4n) is 5.01. The van der Waals surface area contributed by atoms with E-state index in [1.807, 2.05) is 54.6 Å². The maximum Gasteiger partial charge on any atom is 0.218 e. The van der Waals surface area contributed by atoms with Gasteiger partial charge in [-0.2, -0.15) is 0 Å². The molecule has 2 aromatic carbocycles. The van der Waals surface area contributed by atoms with Crippen molar-refractivity contribution < 1.29 is 18.6 Å². The van der Waals surface area contributed by atoms with E-state index in [9.17, 15) is 18.6 Å². The van der Waals surface area contributed by atoms with E-state index in [1.54, 1.807) is 11.2 Å². The number of aliphatic hydroxyl groups excluding tert-OH is 2. The van der Waals surface area contributed by atoms with Gasteiger partial charge in [-0.15, -0.1) is 0 Å². The summed E-state index contributed by atoms with van der Waals surface area (Å²) in [4.78, 5) is 2.27. The molecule has 0 aromatic heterocycles. The minimum Gasteiger partial charge on any atom is -0.395 e. The highest BCUT2D eigenvalue weighted by molar-refractivity contribution is 7.88. The van der Waals surface area contributed by atoms with E-state index in [0.29, 0.717) is 13.1 Å². The number of sulfonamides is 1. The normalized spacial score (nSPS) is 25.0. The van der Waals surface area contributed by atoms with E-state index in [4.69, 9.17) is 0 Å². The van der Waals surface area contributed by atoms with Crippen LogP contribution in [-0.2, 0) is 15.8 Å². The minimum absolute atomic E-state index is 0.00526. The van der Waals surface area contributed by atoms with Crippen LogP contribution in [0.3, 0.4) is 0 Å². The Balaban J connectivity index is 1.55. The lowest BCUT2D eigenvalue weighted by Gasteiger charge is -2.57. The van der Waals surface area contributed by atoms with Gasteiger partial charge in [0.15, 0.2) is 0 Å². The van der Waals surface area contributed by atoms with Gasteiger partial charge in [-0.25, -0.2) is 12.7 Å². The quantitative estimate of drug-likeness (QED) is 0.658. The second kappa shape index (κ2) is 10.4. The van der Waals surface area contributed by atoms with Crippen LogP contribution in [0.2, 0.25) is 0 Å². The summed E-state index contributed by atoms with van der Waals surface area (Å²) in [6.07, 6.45) is 1.05. The molecule has 4 atom stereocenters. The Hall–Kier alpha value is -2.21. The maximum absolute atomic E-state index is 13.3. The number of benzene rings is 2. The van der Waals surface area contributed by atoms with Crippen LogP contribution in [0.5, 0.6) is 0 Å². The zero-order chi connectivity index (χ0) is 23.4. The molecule has 7 heteroatoms. The first-order valence-electron chi connectivity index (χ1n) is 11.6. The van der Waals surface area contributed by atoms with Crippen LogP contribution in [0.4, 0.5) is 0 Å². The number of rotatable bonds is 5. The Morgan fingerprint density at radius 1 is 1.06 bits per heavy atom. The fraction of sp³-hybridized carbons (Fsp3) is 0.462. The van der Waals surface area contributed by atoms with Crippen LogP contribution in [0.15, 0.2) is 54.6 Å². The van der Waals surface area contributed by atoms with Crippen molar-refractivity contribution >= 4 is 10.0 Å². The van der Waals surface area contributed by atoms with Gasteiger partial charge in [-0.3, -0.25) is 4.90 Å². The van der Waals surface area contributed by atoms with Crippen molar-refractivity contribution in [3.63, 3.8) is 0 Å². The van der Waals surface area contributed by atoms with Crippen molar-refractivity contribution in [2.75, 3.05) is 26.2 Å². The van der Waals surface area contributed by atoms with E-state index in [1.165, 1.54) is 0 Å². The van der Waals surface area contributed by atoms with E-state index < -0.39 is 16.1 Å². The smallest absolute Gasteiger partial charge is 0.218 e. The van der Waals surface area contributed by atoms with E-state index in [2.05, 4.69) is 16.7 Å². The molecule has 0 aliphatic carbocycles. The molecular formula is C26H32N2O4S. The van der Waals surface area contributed by atoms with Crippen LogP contribution >= 0.6 is 0 Å². The van der Waals surface area contributed by atoms with Crippen molar-refractivity contribution in [3.05, 3.63) is 71.3 Å². The molecule has 0 bridgehead atoms. The Morgan fingerprint density at radius 2 is 1.76 bits per heavy atom. The molecular weight excluding hydrogens is 436 g/mol. The molecule has 0 spiro atoms. The first kappa shape index (κ1) is 23.9. The van der Waals surface area contributed by atoms with Gasteiger partial charge >= 0.3 is 0 Å². The van der Waals surface area contributed by atoms with Gasteiger partial charge in [0.25, 0.3) is 0 Å². The Morgan fingerprint density at radius 3 is 2.42 bits per heavy atom. The lowest BCUT2D eigenvalue weighted by Crippen LogP contribution is -2.67. The van der Waals surface area contributed by atoms with Crippen molar-refractivity contribution in [3.8, 4) is 11.8 Å². The third-order valence-corrected chi connectivity index (χ3v) is 8.46. The Kier molecular flexibility index (Phi) is 7.52. The fourth-order valence-corrected chi connectivity index (χ4v) is 6.60. The van der Waals surface area contributed by atoms with Crippen LogP contribution < -0.4 is 0 Å². The average molecular weight is 469 g/mol. The molecule has 2 aromatic rings. The number of hydrogen-bond acceptors (Lipinski definition) is 5. The standard InChI is InChI=1S/C26H32N2O4S/c1-20(30)9-10-21-11-13-23(14-12-21)26-24-17-27(15-5-6-16-28(24)25(26)18-29)33(31,32)19-22-7-3-2-4-8-22/h2-4,7-8,11-14,20,24-26,29-30H,5-6,15-19H2,1H3/t20-,24+,25+,26+/m1/s1. The van der Waals surface area contributed by atoms with Crippen LogP contribution in [0, 0.1) is 11.8 Å². The summed E-state index contributed by atoms with van der Waals surface area (Å²) in [7, 11) is -3.45. The van der Waals surface area contributed by atoms with Crippen molar-refractivity contribution in [2.24, 2.45) is 0 Å². The average Bonchev–Trinajstić information content (AvgIpc) is 2.77. The first-order chi connectivity index (χ1) is 15.9. The molecule has 2 heterocycles. The summed E-state index contributed by atoms with van der Waals surface area (Å²) in [5, 5.41) is 19.5. The summed E-state index contributed by atoms with van der Waals surface area (Å²) < 4.78 is 28.2. The molecule has 176 valence electrons. The van der Waals surface area contributed by atoms with Crippen molar-refractivity contribution in [1.82, 2.24) is 9.21 Å². The molecule has 33 heavy (non-hydrogen) atoms. The van der Waals surface area contributed by atoms with Crippen molar-refractivity contribution in [1.29, 1.82) is 0 Å². The van der Waals surface area contributed by atoms with Crippen LogP contribution in [0.1, 0.15) is 42.4 Å². The molecule has 0 unspecified atom stereocenters. The highest BCUT2D eigenvalue weighted by Gasteiger charge is 2.50. The molecule has 2 N–H and O–H groups in total. The molecule has 6 nitrogen and oxygen atoms in total. The van der Waals surface area contributed by atoms with Gasteiger partial charge in [-0.1, -0.05) is 54.3 Å². The summed E-state index contributed by atoms with van der Waals surface area (Å²) in [5.41, 5.74) is 2.70. The molecule has 2 aliphatic heterocycles. The first-order valence-corrected chi connectivity index (χ1v) is 13.2. The lowest BCUT2D eigenvalue weighted by atomic mass is 9.74. The Bertz CT molecular complexity index is 1090. The molecule has 2 aliphatic rings. The van der Waals surface area contributed by atoms with Crippen LogP contribution in [0.25, 0.3) is 0 Å². The second-order valence-corrected chi connectivity index (χ2v) is 10.9. The molecule has 2 fully saturated rings. The maximum atomic E-state index is 13.3. The van der Waals surface area contributed by atoms with Gasteiger partial charge in [0.2, 0.25) is 10.0 Å². The largest absolute Gasteiger partial charge is 0.395 e. The minimum atomic E-state index is -3.45. The third kappa shape index (κ3) is 5.48. The van der Waals surface area contributed by atoms with Gasteiger partial charge in [0.05, 0.1) is 12.4 Å². The third-order valence-electron chi connectivity index (χ3n) is 6.64. The molecule has 0 saturated carbocycles. The molecule has 4 rings (SSSR count). The highest BCUT2D eigenvalue weighted by Crippen LogP contribution is 2.42. The zero-order valence-corrected chi connectivity index (χ0v) is 19.8. The lowest BCUT2D eigenvalue weighted by molar-refractivity contribution is -0.0554. The van der Waals surface area contributed by atoms with E-state index >= 15 is 0 Å².